The Hall–Kier alpha value is -2.77. The Morgan fingerprint density at radius 3 is 2.19 bits per heavy atom. The predicted octanol–water partition coefficient (Wildman–Crippen LogP) is -1.84. The van der Waals surface area contributed by atoms with Crippen LogP contribution in [0.2, 0.25) is 0 Å². The van der Waals surface area contributed by atoms with Gasteiger partial charge < -0.3 is 42.7 Å². The first-order chi connectivity index (χ1) is 17.8. The highest BCUT2D eigenvalue weighted by atomic mass is 16.4. The van der Waals surface area contributed by atoms with Gasteiger partial charge in [0.25, 0.3) is 0 Å². The van der Waals surface area contributed by atoms with E-state index >= 15 is 0 Å². The summed E-state index contributed by atoms with van der Waals surface area (Å²) in [6.45, 7) is 1.65. The van der Waals surface area contributed by atoms with Crippen LogP contribution >= 0.6 is 0 Å². The van der Waals surface area contributed by atoms with Gasteiger partial charge in [0.1, 0.15) is 18.1 Å². The van der Waals surface area contributed by atoms with Crippen LogP contribution < -0.4 is 32.7 Å². The number of aliphatic carboxylic acids is 1. The lowest BCUT2D eigenvalue weighted by Crippen LogP contribution is -2.56. The molecular formula is C24H43N7O6. The monoisotopic (exact) mass is 525 g/mol. The summed E-state index contributed by atoms with van der Waals surface area (Å²) in [5.74, 6) is -2.83. The largest absolute Gasteiger partial charge is 0.480 e. The van der Waals surface area contributed by atoms with Gasteiger partial charge in [-0.3, -0.25) is 19.2 Å². The van der Waals surface area contributed by atoms with Gasteiger partial charge in [0.15, 0.2) is 0 Å². The number of amides is 4. The van der Waals surface area contributed by atoms with Crippen LogP contribution in [0.5, 0.6) is 0 Å². The second-order valence-corrected chi connectivity index (χ2v) is 9.64. The molecule has 0 bridgehead atoms. The summed E-state index contributed by atoms with van der Waals surface area (Å²) in [5.41, 5.74) is 11.2. The fraction of sp³-hybridized carbons (Fsp3) is 0.792. The van der Waals surface area contributed by atoms with Gasteiger partial charge in [-0.05, 0) is 83.8 Å². The van der Waals surface area contributed by atoms with Crippen molar-refractivity contribution in [3.05, 3.63) is 0 Å². The van der Waals surface area contributed by atoms with Crippen LogP contribution in [-0.4, -0.2) is 96.5 Å². The number of likely N-dealkylation sites (tertiary alicyclic amines) is 1. The number of hydrogen-bond donors (Lipinski definition) is 7. The van der Waals surface area contributed by atoms with Crippen LogP contribution in [0.15, 0.2) is 0 Å². The summed E-state index contributed by atoms with van der Waals surface area (Å²) >= 11 is 0. The molecule has 210 valence electrons. The molecule has 13 heteroatoms. The first-order valence-corrected chi connectivity index (χ1v) is 13.3. The number of carbonyl (C=O) groups excluding carboxylic acids is 4. The molecule has 0 spiro atoms. The van der Waals surface area contributed by atoms with Gasteiger partial charge in [0, 0.05) is 6.54 Å². The van der Waals surface area contributed by atoms with E-state index in [1.165, 1.54) is 4.90 Å². The van der Waals surface area contributed by atoms with Crippen molar-refractivity contribution in [2.75, 3.05) is 32.7 Å². The highest BCUT2D eigenvalue weighted by molar-refractivity contribution is 5.94. The molecule has 4 unspecified atom stereocenters. The van der Waals surface area contributed by atoms with Crippen LogP contribution in [0.25, 0.3) is 0 Å². The normalized spacial score (nSPS) is 20.8. The van der Waals surface area contributed by atoms with E-state index in [2.05, 4.69) is 21.3 Å². The van der Waals surface area contributed by atoms with Crippen molar-refractivity contribution in [2.45, 2.75) is 88.4 Å². The third-order valence-corrected chi connectivity index (χ3v) is 6.78. The van der Waals surface area contributed by atoms with E-state index in [-0.39, 0.29) is 18.5 Å². The molecule has 9 N–H and O–H groups in total. The smallest absolute Gasteiger partial charge is 0.326 e. The van der Waals surface area contributed by atoms with Gasteiger partial charge in [0.2, 0.25) is 23.6 Å². The fourth-order valence-electron chi connectivity index (χ4n) is 4.72. The molecule has 2 saturated heterocycles. The van der Waals surface area contributed by atoms with Crippen LogP contribution in [0.4, 0.5) is 0 Å². The molecule has 0 aromatic carbocycles. The molecule has 2 heterocycles. The number of carboxylic acids is 1. The molecule has 0 aromatic rings. The minimum Gasteiger partial charge on any atom is -0.480 e. The summed E-state index contributed by atoms with van der Waals surface area (Å²) in [6.07, 6.45) is 5.59. The molecule has 2 aliphatic heterocycles. The van der Waals surface area contributed by atoms with E-state index in [4.69, 9.17) is 11.5 Å². The Morgan fingerprint density at radius 2 is 1.59 bits per heavy atom. The molecule has 0 aromatic heterocycles. The number of nitrogens with zero attached hydrogens (tertiary/aromatic N) is 1. The molecule has 0 aliphatic carbocycles. The zero-order chi connectivity index (χ0) is 27.2. The van der Waals surface area contributed by atoms with Crippen molar-refractivity contribution >= 4 is 29.6 Å². The Morgan fingerprint density at radius 1 is 0.919 bits per heavy atom. The molecule has 4 atom stereocenters. The summed E-state index contributed by atoms with van der Waals surface area (Å²) in [6, 6.07) is -3.10. The van der Waals surface area contributed by atoms with Crippen LogP contribution in [-0.2, 0) is 24.0 Å². The van der Waals surface area contributed by atoms with Gasteiger partial charge in [-0.25, -0.2) is 4.79 Å². The Kier molecular flexibility index (Phi) is 13.3. The molecule has 2 fully saturated rings. The van der Waals surface area contributed by atoms with Crippen molar-refractivity contribution in [1.29, 1.82) is 0 Å². The minimum atomic E-state index is -1.07. The van der Waals surface area contributed by atoms with Gasteiger partial charge in [-0.15, -0.1) is 0 Å². The maximum atomic E-state index is 13.3. The van der Waals surface area contributed by atoms with Gasteiger partial charge in [-0.1, -0.05) is 0 Å². The first-order valence-electron chi connectivity index (χ1n) is 13.3. The van der Waals surface area contributed by atoms with Crippen molar-refractivity contribution in [1.82, 2.24) is 26.2 Å². The molecule has 4 amide bonds. The Labute approximate surface area is 217 Å². The van der Waals surface area contributed by atoms with E-state index < -0.39 is 41.8 Å². The third-order valence-electron chi connectivity index (χ3n) is 6.78. The van der Waals surface area contributed by atoms with Crippen LogP contribution in [0, 0.1) is 0 Å². The average Bonchev–Trinajstić information content (AvgIpc) is 3.58. The zero-order valence-electron chi connectivity index (χ0n) is 21.5. The molecular weight excluding hydrogens is 482 g/mol. The predicted molar refractivity (Wildman–Crippen MR) is 136 cm³/mol. The first kappa shape index (κ1) is 30.5. The maximum Gasteiger partial charge on any atom is 0.326 e. The fourth-order valence-corrected chi connectivity index (χ4v) is 4.72. The number of carboxylic acid groups (broad SMARTS) is 1. The van der Waals surface area contributed by atoms with Gasteiger partial charge in [0.05, 0.1) is 12.6 Å². The SMILES string of the molecule is NCCCCC(NC(=O)CNC(=O)C1CCCN1)C(=O)NC(CCCCN)C(=O)N1CCCC1C(=O)O. The minimum absolute atomic E-state index is 0.263. The average molecular weight is 526 g/mol. The van der Waals surface area contributed by atoms with Crippen molar-refractivity contribution in [2.24, 2.45) is 11.5 Å². The standard InChI is InChI=1S/C24H43N7O6/c25-11-3-1-7-17(29-20(32)15-28-21(33)16-9-5-13-27-16)22(34)30-18(8-2-4-12-26)23(35)31-14-6-10-19(31)24(36)37/h16-19,27H,1-15,25-26H2,(H,28,33)(H,29,32)(H,30,34)(H,36,37). The zero-order valence-corrected chi connectivity index (χ0v) is 21.5. The van der Waals surface area contributed by atoms with Gasteiger partial charge in [-0.2, -0.15) is 0 Å². The van der Waals surface area contributed by atoms with Crippen molar-refractivity contribution in [3.63, 3.8) is 0 Å². The lowest BCUT2D eigenvalue weighted by molar-refractivity contribution is -0.149. The summed E-state index contributed by atoms with van der Waals surface area (Å²) in [4.78, 5) is 64.2. The van der Waals surface area contributed by atoms with E-state index in [0.29, 0.717) is 77.4 Å². The van der Waals surface area contributed by atoms with Crippen LogP contribution in [0.1, 0.15) is 64.2 Å². The topological polar surface area (TPSA) is 209 Å². The molecule has 37 heavy (non-hydrogen) atoms. The molecule has 2 aliphatic rings. The number of nitrogens with one attached hydrogen (secondary N) is 4. The summed E-state index contributed by atoms with van der Waals surface area (Å²) in [7, 11) is 0. The number of carbonyl (C=O) groups is 5. The molecule has 2 rings (SSSR count). The summed E-state index contributed by atoms with van der Waals surface area (Å²) in [5, 5.41) is 20.5. The lowest BCUT2D eigenvalue weighted by Gasteiger charge is -2.29. The highest BCUT2D eigenvalue weighted by Gasteiger charge is 2.38. The van der Waals surface area contributed by atoms with Gasteiger partial charge >= 0.3 is 5.97 Å². The highest BCUT2D eigenvalue weighted by Crippen LogP contribution is 2.20. The van der Waals surface area contributed by atoms with E-state index in [1.807, 2.05) is 0 Å². The summed E-state index contributed by atoms with van der Waals surface area (Å²) < 4.78 is 0. The maximum absolute atomic E-state index is 13.3. The second kappa shape index (κ2) is 16.2. The third kappa shape index (κ3) is 9.90. The molecule has 13 nitrogen and oxygen atoms in total. The second-order valence-electron chi connectivity index (χ2n) is 9.64. The Balaban J connectivity index is 2.03. The van der Waals surface area contributed by atoms with E-state index in [0.717, 1.165) is 13.0 Å². The van der Waals surface area contributed by atoms with Crippen molar-refractivity contribution < 1.29 is 29.1 Å². The Bertz CT molecular complexity index is 790. The van der Waals surface area contributed by atoms with E-state index in [1.54, 1.807) is 0 Å². The number of hydrogen-bond acceptors (Lipinski definition) is 8. The van der Waals surface area contributed by atoms with Crippen LogP contribution in [0.3, 0.4) is 0 Å². The number of unbranched alkanes of at least 4 members (excludes halogenated alkanes) is 2. The number of rotatable bonds is 16. The number of nitrogens with two attached hydrogens (primary N) is 2. The lowest BCUT2D eigenvalue weighted by atomic mass is 10.0. The van der Waals surface area contributed by atoms with E-state index in [9.17, 15) is 29.1 Å². The quantitative estimate of drug-likeness (QED) is 0.113. The molecule has 0 radical (unpaired) electrons. The molecule has 0 saturated carbocycles. The van der Waals surface area contributed by atoms with Crippen molar-refractivity contribution in [3.8, 4) is 0 Å².